The third kappa shape index (κ3) is 23.9. The van der Waals surface area contributed by atoms with Gasteiger partial charge in [-0.2, -0.15) is 11.8 Å². The summed E-state index contributed by atoms with van der Waals surface area (Å²) in [7, 11) is 0. The summed E-state index contributed by atoms with van der Waals surface area (Å²) in [5.41, 5.74) is 11.4. The fourth-order valence-corrected chi connectivity index (χ4v) is 7.71. The highest BCUT2D eigenvalue weighted by Crippen LogP contribution is 2.33. The molecule has 23 heteroatoms. The molecule has 9 N–H and O–H groups in total. The number of carbonyl (C=O) groups excluding carboxylic acids is 5. The molecule has 348 valence electrons. The van der Waals surface area contributed by atoms with E-state index in [4.69, 9.17) is 39.9 Å². The summed E-state index contributed by atoms with van der Waals surface area (Å²) in [5, 5.41) is 22.8. The van der Waals surface area contributed by atoms with Crippen LogP contribution in [0.1, 0.15) is 50.6 Å². The molecular weight excluding hydrogens is 819 g/mol. The van der Waals surface area contributed by atoms with Gasteiger partial charge in [0, 0.05) is 69.5 Å². The number of hydrogen-bond acceptors (Lipinski definition) is 16. The first-order chi connectivity index (χ1) is 29.8. The second kappa shape index (κ2) is 33.0. The number of nitrogens with two attached hydrogens (primary N) is 2. The van der Waals surface area contributed by atoms with E-state index < -0.39 is 0 Å². The summed E-state index contributed by atoms with van der Waals surface area (Å²) in [6, 6.07) is 0.312. The van der Waals surface area contributed by atoms with Crippen molar-refractivity contribution >= 4 is 41.4 Å². The lowest BCUT2D eigenvalue weighted by Gasteiger charge is -2.23. The van der Waals surface area contributed by atoms with E-state index in [-0.39, 0.29) is 80.8 Å². The normalized spacial score (nSPS) is 16.8. The molecule has 2 aliphatic heterocycles. The number of aromatic nitrogens is 3. The Bertz CT molecular complexity index is 1360. The minimum absolute atomic E-state index is 0.0306. The van der Waals surface area contributed by atoms with E-state index in [1.807, 2.05) is 11.8 Å². The molecule has 0 aromatic carbocycles. The quantitative estimate of drug-likeness (QED) is 0.0276. The summed E-state index contributed by atoms with van der Waals surface area (Å²) >= 11 is 1.88. The van der Waals surface area contributed by atoms with Crippen LogP contribution in [0.15, 0.2) is 6.20 Å². The van der Waals surface area contributed by atoms with Crippen molar-refractivity contribution in [1.82, 2.24) is 46.5 Å². The first-order valence-corrected chi connectivity index (χ1v) is 22.4. The van der Waals surface area contributed by atoms with E-state index in [1.165, 1.54) is 0 Å². The zero-order chi connectivity index (χ0) is 43.8. The van der Waals surface area contributed by atoms with Gasteiger partial charge in [0.15, 0.2) is 0 Å². The second-order valence-corrected chi connectivity index (χ2v) is 15.5. The molecule has 2 aliphatic rings. The Morgan fingerprint density at radius 2 is 1.28 bits per heavy atom. The first kappa shape index (κ1) is 51.7. The maximum absolute atomic E-state index is 13.1. The number of rotatable bonds is 38. The second-order valence-electron chi connectivity index (χ2n) is 14.2. The number of nitrogens with zero attached hydrogens (tertiary/aromatic N) is 4. The van der Waals surface area contributed by atoms with Crippen molar-refractivity contribution in [2.75, 3.05) is 124 Å². The van der Waals surface area contributed by atoms with Gasteiger partial charge in [0.25, 0.3) is 0 Å². The van der Waals surface area contributed by atoms with Gasteiger partial charge in [-0.3, -0.25) is 19.2 Å². The lowest BCUT2D eigenvalue weighted by molar-refractivity contribution is -0.134. The van der Waals surface area contributed by atoms with E-state index in [0.29, 0.717) is 129 Å². The fourth-order valence-electron chi connectivity index (χ4n) is 6.16. The Morgan fingerprint density at radius 1 is 0.721 bits per heavy atom. The maximum atomic E-state index is 13.1. The highest BCUT2D eigenvalue weighted by Gasteiger charge is 2.42. The standard InChI is InChI=1S/C38H69N11O11S/c39-8-10-41-34(51)5-15-55-21-24-58-18-12-48(13-19-59-25-22-56-16-6-35(52)42-11-9-40)36(53)7-17-57-23-26-60-20-14-49-28-30(46-47-49)27-43-33(50)4-2-1-3-32-37-31(29-61-32)44-38(54)45-37/h28,31-32,37H,1-27,29,39-40H2,(H,41,51)(H,42,52)(H,43,50)(H2,44,45,54)/t31-,32-,37-/m0/s1. The first-order valence-electron chi connectivity index (χ1n) is 21.3. The molecule has 0 spiro atoms. The molecule has 22 nitrogen and oxygen atoms in total. The van der Waals surface area contributed by atoms with E-state index in [9.17, 15) is 24.0 Å². The molecule has 0 bridgehead atoms. The zero-order valence-electron chi connectivity index (χ0n) is 35.5. The van der Waals surface area contributed by atoms with E-state index in [2.05, 4.69) is 36.9 Å². The Hall–Kier alpha value is -3.68. The monoisotopic (exact) mass is 887 g/mol. The van der Waals surface area contributed by atoms with Crippen LogP contribution in [0, 0.1) is 0 Å². The van der Waals surface area contributed by atoms with Crippen LogP contribution < -0.4 is 38.1 Å². The summed E-state index contributed by atoms with van der Waals surface area (Å²) in [6.45, 7) is 6.74. The van der Waals surface area contributed by atoms with Crippen molar-refractivity contribution in [1.29, 1.82) is 0 Å². The molecular formula is C38H69N11O11S. The molecule has 0 unspecified atom stereocenters. The average molecular weight is 888 g/mol. The number of carbonyl (C=O) groups is 5. The van der Waals surface area contributed by atoms with Crippen LogP contribution >= 0.6 is 11.8 Å². The molecule has 0 aliphatic carbocycles. The van der Waals surface area contributed by atoms with Crippen LogP contribution in [0.5, 0.6) is 0 Å². The Morgan fingerprint density at radius 3 is 1.89 bits per heavy atom. The topological polar surface area (TPSA) is 287 Å². The number of fused-ring (bicyclic) bond motifs is 1. The van der Waals surface area contributed by atoms with Gasteiger partial charge in [-0.05, 0) is 12.8 Å². The van der Waals surface area contributed by atoms with Crippen molar-refractivity contribution < 1.29 is 52.4 Å². The van der Waals surface area contributed by atoms with Crippen molar-refractivity contribution in [2.24, 2.45) is 11.5 Å². The largest absolute Gasteiger partial charge is 0.379 e. The summed E-state index contributed by atoms with van der Waals surface area (Å²) in [4.78, 5) is 61.9. The number of hydrogen-bond donors (Lipinski definition) is 7. The van der Waals surface area contributed by atoms with Crippen molar-refractivity contribution in [3.63, 3.8) is 0 Å². The molecule has 61 heavy (non-hydrogen) atoms. The predicted octanol–water partition coefficient (Wildman–Crippen LogP) is -2.13. The van der Waals surface area contributed by atoms with Crippen molar-refractivity contribution in [3.05, 3.63) is 11.9 Å². The van der Waals surface area contributed by atoms with Gasteiger partial charge in [0.2, 0.25) is 23.6 Å². The van der Waals surface area contributed by atoms with Gasteiger partial charge < -0.3 is 71.4 Å². The molecule has 1 aromatic heterocycles. The lowest BCUT2D eigenvalue weighted by atomic mass is 10.0. The van der Waals surface area contributed by atoms with Crippen molar-refractivity contribution in [2.45, 2.75) is 75.4 Å². The van der Waals surface area contributed by atoms with Crippen LogP contribution in [-0.4, -0.2) is 191 Å². The van der Waals surface area contributed by atoms with Crippen LogP contribution in [0.4, 0.5) is 4.79 Å². The van der Waals surface area contributed by atoms with Gasteiger partial charge in [0.05, 0.1) is 117 Å². The Labute approximate surface area is 362 Å². The smallest absolute Gasteiger partial charge is 0.315 e. The minimum Gasteiger partial charge on any atom is -0.379 e. The molecule has 0 radical (unpaired) electrons. The summed E-state index contributed by atoms with van der Waals surface area (Å²) in [5.74, 6) is 0.550. The molecule has 3 heterocycles. The van der Waals surface area contributed by atoms with Gasteiger partial charge in [-0.25, -0.2) is 9.48 Å². The number of amides is 6. The average Bonchev–Trinajstić information content (AvgIpc) is 3.98. The highest BCUT2D eigenvalue weighted by molar-refractivity contribution is 8.00. The minimum atomic E-state index is -0.119. The number of unbranched alkanes of at least 4 members (excludes halogenated alkanes) is 1. The summed E-state index contributed by atoms with van der Waals surface area (Å²) < 4.78 is 35.2. The molecule has 3 atom stereocenters. The Balaban J connectivity index is 1.21. The van der Waals surface area contributed by atoms with Crippen molar-refractivity contribution in [3.8, 4) is 0 Å². The third-order valence-electron chi connectivity index (χ3n) is 9.42. The van der Waals surface area contributed by atoms with Crippen LogP contribution in [0.3, 0.4) is 0 Å². The van der Waals surface area contributed by atoms with E-state index >= 15 is 0 Å². The Kier molecular flexibility index (Phi) is 27.9. The molecule has 6 amide bonds. The van der Waals surface area contributed by atoms with Gasteiger partial charge in [0.1, 0.15) is 5.69 Å². The number of thioether (sulfide) groups is 1. The fraction of sp³-hybridized carbons (Fsp3) is 0.816. The van der Waals surface area contributed by atoms with E-state index in [0.717, 1.165) is 25.0 Å². The number of ether oxygens (including phenoxy) is 6. The SMILES string of the molecule is NCCNC(=O)CCOCCOCCN(CCOCCOCCC(=O)NCCN)C(=O)CCOCCOCCn1cc(CNC(=O)CCCC[C@@H]2SC[C@@H]3NC(=O)N[C@@H]32)nn1. The zero-order valence-corrected chi connectivity index (χ0v) is 36.3. The molecule has 2 saturated heterocycles. The van der Waals surface area contributed by atoms with Gasteiger partial charge >= 0.3 is 6.03 Å². The van der Waals surface area contributed by atoms with E-state index in [1.54, 1.807) is 15.8 Å². The maximum Gasteiger partial charge on any atom is 0.315 e. The van der Waals surface area contributed by atoms with Crippen LogP contribution in [-0.2, 0) is 60.7 Å². The molecule has 0 saturated carbocycles. The van der Waals surface area contributed by atoms with Crippen LogP contribution in [0.2, 0.25) is 0 Å². The predicted molar refractivity (Wildman–Crippen MR) is 225 cm³/mol. The molecule has 3 rings (SSSR count). The third-order valence-corrected chi connectivity index (χ3v) is 10.9. The highest BCUT2D eigenvalue weighted by atomic mass is 32.2. The lowest BCUT2D eigenvalue weighted by Crippen LogP contribution is -2.37. The number of nitrogens with one attached hydrogen (secondary N) is 5. The van der Waals surface area contributed by atoms with Gasteiger partial charge in [-0.1, -0.05) is 11.6 Å². The molecule has 1 aromatic rings. The number of urea groups is 1. The summed E-state index contributed by atoms with van der Waals surface area (Å²) in [6.07, 6.45) is 5.54. The van der Waals surface area contributed by atoms with Crippen LogP contribution in [0.25, 0.3) is 0 Å². The van der Waals surface area contributed by atoms with Gasteiger partial charge in [-0.15, -0.1) is 5.10 Å². The molecule has 2 fully saturated rings.